The third-order valence-electron chi connectivity index (χ3n) is 9.23. The molecule has 14 heteroatoms. The Kier molecular flexibility index (Phi) is 14.3. The third-order valence-corrected chi connectivity index (χ3v) is 9.23. The zero-order valence-electron chi connectivity index (χ0n) is 30.0. The highest BCUT2D eigenvalue weighted by Crippen LogP contribution is 2.18. The van der Waals surface area contributed by atoms with Gasteiger partial charge >= 0.3 is 12.1 Å². The fourth-order valence-corrected chi connectivity index (χ4v) is 6.12. The van der Waals surface area contributed by atoms with Gasteiger partial charge in [0.2, 0.25) is 0 Å². The number of nitrogens with zero attached hydrogens (tertiary/aromatic N) is 6. The number of aromatic nitrogens is 6. The molecule has 0 saturated carbocycles. The highest BCUT2D eigenvalue weighted by atomic mass is 16.5. The summed E-state index contributed by atoms with van der Waals surface area (Å²) < 4.78 is 14.7. The molecule has 2 saturated heterocycles. The molecule has 2 atom stereocenters. The maximum absolute atomic E-state index is 12.0. The first-order chi connectivity index (χ1) is 24.9. The molecule has 0 spiro atoms. The van der Waals surface area contributed by atoms with E-state index in [0.29, 0.717) is 32.2 Å². The first-order valence-corrected chi connectivity index (χ1v) is 18.0. The maximum Gasteiger partial charge on any atom is 0.315 e. The molecule has 2 unspecified atom stereocenters. The van der Waals surface area contributed by atoms with Gasteiger partial charge < -0.3 is 39.9 Å². The molecule has 14 nitrogen and oxygen atoms in total. The lowest BCUT2D eigenvalue weighted by Gasteiger charge is -2.29. The average Bonchev–Trinajstić information content (AvgIpc) is 3.72. The van der Waals surface area contributed by atoms with E-state index < -0.39 is 0 Å². The number of carbonyl (C=O) groups excluding carboxylic acids is 2. The van der Waals surface area contributed by atoms with Crippen LogP contribution in [-0.4, -0.2) is 93.2 Å². The molecular formula is C37H52N10O4. The molecule has 0 radical (unpaired) electrons. The summed E-state index contributed by atoms with van der Waals surface area (Å²) in [6, 6.07) is 20.2. The van der Waals surface area contributed by atoms with Crippen molar-refractivity contribution in [1.82, 2.24) is 50.8 Å². The van der Waals surface area contributed by atoms with E-state index in [2.05, 4.69) is 48.6 Å². The van der Waals surface area contributed by atoms with Gasteiger partial charge in [0.15, 0.2) is 11.6 Å². The van der Waals surface area contributed by atoms with Crippen LogP contribution in [0, 0.1) is 5.92 Å². The van der Waals surface area contributed by atoms with Crippen molar-refractivity contribution in [2.45, 2.75) is 64.0 Å². The molecule has 2 aliphatic rings. The van der Waals surface area contributed by atoms with Gasteiger partial charge in [-0.25, -0.2) is 9.59 Å². The molecule has 51 heavy (non-hydrogen) atoms. The standard InChI is InChI=1S/C19H27N5O2.C18H25N5O2/c1-14-13-26-12-10-16(14)21-19(25)20-11-6-9-17-22-23-18(24(17)2)15-7-4-3-5-8-15;1-23-16(21-22-17(23)14-6-3-2-4-7-14)8-5-11-19-18(24)20-15-9-12-25-13-10-15/h3-5,7-8,14,16H,6,9-13H2,1-2H3,(H2,20,21,25);2-4,6-7,15H,5,8-13H2,1H3,(H2,19,20,24). The summed E-state index contributed by atoms with van der Waals surface area (Å²) in [4.78, 5) is 23.9. The minimum Gasteiger partial charge on any atom is -0.381 e. The van der Waals surface area contributed by atoms with Crippen molar-refractivity contribution in [1.29, 1.82) is 0 Å². The zero-order chi connectivity index (χ0) is 35.8. The van der Waals surface area contributed by atoms with Gasteiger partial charge in [0.25, 0.3) is 0 Å². The summed E-state index contributed by atoms with van der Waals surface area (Å²) in [5, 5.41) is 29.0. The number of nitrogens with one attached hydrogen (secondary N) is 4. The third kappa shape index (κ3) is 11.3. The largest absolute Gasteiger partial charge is 0.381 e. The van der Waals surface area contributed by atoms with E-state index in [1.54, 1.807) is 0 Å². The molecular weight excluding hydrogens is 648 g/mol. The van der Waals surface area contributed by atoms with Crippen molar-refractivity contribution < 1.29 is 19.1 Å². The van der Waals surface area contributed by atoms with Gasteiger partial charge in [-0.2, -0.15) is 0 Å². The Hall–Kier alpha value is -4.82. The first-order valence-electron chi connectivity index (χ1n) is 18.0. The lowest BCUT2D eigenvalue weighted by molar-refractivity contribution is 0.0419. The lowest BCUT2D eigenvalue weighted by atomic mass is 9.98. The summed E-state index contributed by atoms with van der Waals surface area (Å²) in [5.74, 6) is 3.92. The van der Waals surface area contributed by atoms with Crippen LogP contribution in [0.5, 0.6) is 0 Å². The second-order valence-corrected chi connectivity index (χ2v) is 13.1. The van der Waals surface area contributed by atoms with E-state index in [-0.39, 0.29) is 24.1 Å². The van der Waals surface area contributed by atoms with Gasteiger partial charge in [-0.05, 0) is 38.0 Å². The van der Waals surface area contributed by atoms with Crippen molar-refractivity contribution >= 4 is 12.1 Å². The van der Waals surface area contributed by atoms with Crippen molar-refractivity contribution in [3.05, 3.63) is 72.3 Å². The van der Waals surface area contributed by atoms with Gasteiger partial charge in [-0.15, -0.1) is 20.4 Å². The quantitative estimate of drug-likeness (QED) is 0.161. The highest BCUT2D eigenvalue weighted by Gasteiger charge is 2.23. The molecule has 0 aliphatic carbocycles. The number of hydrogen-bond donors (Lipinski definition) is 4. The first kappa shape index (κ1) is 37.4. The molecule has 2 aromatic heterocycles. The molecule has 4 aromatic rings. The predicted molar refractivity (Wildman–Crippen MR) is 195 cm³/mol. The highest BCUT2D eigenvalue weighted by molar-refractivity contribution is 5.74. The fourth-order valence-electron chi connectivity index (χ4n) is 6.12. The summed E-state index contributed by atoms with van der Waals surface area (Å²) in [5.41, 5.74) is 2.11. The molecule has 2 aromatic carbocycles. The molecule has 4 amide bonds. The molecule has 4 heterocycles. The van der Waals surface area contributed by atoms with E-state index >= 15 is 0 Å². The Labute approximate surface area is 300 Å². The molecule has 6 rings (SSSR count). The smallest absolute Gasteiger partial charge is 0.315 e. The van der Waals surface area contributed by atoms with Crippen molar-refractivity contribution in [2.24, 2.45) is 20.0 Å². The van der Waals surface area contributed by atoms with E-state index in [0.717, 1.165) is 92.6 Å². The van der Waals surface area contributed by atoms with Crippen LogP contribution in [0.25, 0.3) is 22.8 Å². The molecule has 274 valence electrons. The lowest BCUT2D eigenvalue weighted by Crippen LogP contribution is -2.48. The van der Waals surface area contributed by atoms with E-state index in [9.17, 15) is 9.59 Å². The number of ether oxygens (including phenoxy) is 2. The number of rotatable bonds is 12. The number of aryl methyl sites for hydroxylation is 2. The zero-order valence-corrected chi connectivity index (χ0v) is 30.0. The van der Waals surface area contributed by atoms with Crippen LogP contribution >= 0.6 is 0 Å². The van der Waals surface area contributed by atoms with Crippen molar-refractivity contribution in [3.63, 3.8) is 0 Å². The molecule has 4 N–H and O–H groups in total. The Morgan fingerprint density at radius 2 is 1.18 bits per heavy atom. The summed E-state index contributed by atoms with van der Waals surface area (Å²) in [6.07, 6.45) is 5.82. The molecule has 0 bridgehead atoms. The van der Waals surface area contributed by atoms with Gasteiger partial charge in [0.1, 0.15) is 11.6 Å². The van der Waals surface area contributed by atoms with Gasteiger partial charge in [-0.3, -0.25) is 0 Å². The Morgan fingerprint density at radius 3 is 1.69 bits per heavy atom. The van der Waals surface area contributed by atoms with Gasteiger partial charge in [0, 0.05) is 83.1 Å². The summed E-state index contributed by atoms with van der Waals surface area (Å²) >= 11 is 0. The second kappa shape index (κ2) is 19.5. The van der Waals surface area contributed by atoms with Crippen LogP contribution in [0.15, 0.2) is 60.7 Å². The summed E-state index contributed by atoms with van der Waals surface area (Å²) in [7, 11) is 3.95. The second-order valence-electron chi connectivity index (χ2n) is 13.1. The van der Waals surface area contributed by atoms with E-state index in [1.807, 2.05) is 83.9 Å². The van der Waals surface area contributed by atoms with E-state index in [1.165, 1.54) is 0 Å². The minimum absolute atomic E-state index is 0.102. The number of amides is 4. The minimum atomic E-state index is -0.105. The Morgan fingerprint density at radius 1 is 0.686 bits per heavy atom. The van der Waals surface area contributed by atoms with Crippen LogP contribution in [0.3, 0.4) is 0 Å². The maximum atomic E-state index is 12.0. The van der Waals surface area contributed by atoms with Gasteiger partial charge in [0.05, 0.1) is 6.61 Å². The predicted octanol–water partition coefficient (Wildman–Crippen LogP) is 4.03. The van der Waals surface area contributed by atoms with Crippen LogP contribution in [-0.2, 0) is 36.4 Å². The Bertz CT molecular complexity index is 1640. The normalized spacial score (nSPS) is 17.5. The topological polar surface area (TPSA) is 162 Å². The monoisotopic (exact) mass is 700 g/mol. The summed E-state index contributed by atoms with van der Waals surface area (Å²) in [6.45, 7) is 6.19. The molecule has 2 fully saturated rings. The van der Waals surface area contributed by atoms with Crippen LogP contribution < -0.4 is 21.3 Å². The number of benzene rings is 2. The average molecular weight is 701 g/mol. The van der Waals surface area contributed by atoms with E-state index in [4.69, 9.17) is 9.47 Å². The number of urea groups is 2. The van der Waals surface area contributed by atoms with Crippen LogP contribution in [0.2, 0.25) is 0 Å². The van der Waals surface area contributed by atoms with Gasteiger partial charge in [-0.1, -0.05) is 67.6 Å². The SMILES string of the molecule is CC1COCCC1NC(=O)NCCCc1nnc(-c2ccccc2)n1C.Cn1c(CCCNC(=O)NC2CCOCC2)nnc1-c1ccccc1. The number of carbonyl (C=O) groups is 2. The molecule has 2 aliphatic heterocycles. The van der Waals surface area contributed by atoms with Crippen molar-refractivity contribution in [3.8, 4) is 22.8 Å². The fraction of sp³-hybridized carbons (Fsp3) is 0.514. The number of hydrogen-bond acceptors (Lipinski definition) is 8. The van der Waals surface area contributed by atoms with Crippen LogP contribution in [0.1, 0.15) is 50.7 Å². The Balaban J connectivity index is 0.000000198. The van der Waals surface area contributed by atoms with Crippen molar-refractivity contribution in [2.75, 3.05) is 39.5 Å². The van der Waals surface area contributed by atoms with Crippen LogP contribution in [0.4, 0.5) is 9.59 Å².